The molecule has 0 radical (unpaired) electrons. The Labute approximate surface area is 151 Å². The van der Waals surface area contributed by atoms with Crippen LogP contribution in [0.4, 0.5) is 5.69 Å². The van der Waals surface area contributed by atoms with Crippen LogP contribution in [-0.2, 0) is 11.2 Å². The number of carbonyl (C=O) groups is 1. The Hall–Kier alpha value is -1.97. The summed E-state index contributed by atoms with van der Waals surface area (Å²) in [6.45, 7) is 4.23. The van der Waals surface area contributed by atoms with E-state index in [1.807, 2.05) is 18.2 Å². The lowest BCUT2D eigenvalue weighted by Gasteiger charge is -2.35. The summed E-state index contributed by atoms with van der Waals surface area (Å²) in [5, 5.41) is 7.17. The summed E-state index contributed by atoms with van der Waals surface area (Å²) < 4.78 is 0. The van der Waals surface area contributed by atoms with Crippen molar-refractivity contribution < 1.29 is 4.79 Å². The molecule has 0 saturated heterocycles. The second kappa shape index (κ2) is 6.50. The van der Waals surface area contributed by atoms with Gasteiger partial charge in [-0.2, -0.15) is 0 Å². The quantitative estimate of drug-likeness (QED) is 0.748. The Balaban J connectivity index is 1.88. The van der Waals surface area contributed by atoms with E-state index in [0.29, 0.717) is 15.7 Å². The fourth-order valence-corrected chi connectivity index (χ4v) is 3.35. The summed E-state index contributed by atoms with van der Waals surface area (Å²) >= 11 is 12.0. The normalized spacial score (nSPS) is 17.1. The van der Waals surface area contributed by atoms with Crippen molar-refractivity contribution in [3.05, 3.63) is 69.7 Å². The second-order valence-electron chi connectivity index (χ2n) is 6.51. The fraction of sp³-hybridized carbons (Fsp3) is 0.211. The fourth-order valence-electron chi connectivity index (χ4n) is 2.89. The lowest BCUT2D eigenvalue weighted by Crippen LogP contribution is -2.44. The van der Waals surface area contributed by atoms with Crippen LogP contribution in [-0.4, -0.2) is 11.4 Å². The third-order valence-electron chi connectivity index (χ3n) is 3.88. The molecule has 3 rings (SSSR count). The van der Waals surface area contributed by atoms with Gasteiger partial charge in [0.25, 0.3) is 5.91 Å². The highest BCUT2D eigenvalue weighted by Crippen LogP contribution is 2.30. The van der Waals surface area contributed by atoms with Gasteiger partial charge in [-0.25, -0.2) is 0 Å². The Bertz CT molecular complexity index is 828. The lowest BCUT2D eigenvalue weighted by atomic mass is 9.86. The third kappa shape index (κ3) is 3.74. The molecule has 5 heteroatoms. The average molecular weight is 361 g/mol. The van der Waals surface area contributed by atoms with Gasteiger partial charge in [-0.05, 0) is 44.0 Å². The minimum atomic E-state index is -0.241. The van der Waals surface area contributed by atoms with Gasteiger partial charge in [0.1, 0.15) is 0 Å². The first kappa shape index (κ1) is 16.9. The van der Waals surface area contributed by atoms with Crippen molar-refractivity contribution in [2.75, 3.05) is 5.32 Å². The first-order valence-corrected chi connectivity index (χ1v) is 8.44. The number of hydrogen-bond acceptors (Lipinski definition) is 2. The zero-order chi connectivity index (χ0) is 17.3. The molecule has 3 nitrogen and oxygen atoms in total. The van der Waals surface area contributed by atoms with Gasteiger partial charge in [0, 0.05) is 27.9 Å². The maximum atomic E-state index is 12.4. The number of halogens is 2. The van der Waals surface area contributed by atoms with Crippen LogP contribution in [0.5, 0.6) is 0 Å². The molecule has 2 aromatic rings. The molecule has 0 atom stereocenters. The molecule has 1 amide bonds. The number of benzene rings is 2. The zero-order valence-electron chi connectivity index (χ0n) is 13.5. The summed E-state index contributed by atoms with van der Waals surface area (Å²) in [6.07, 6.45) is 2.48. The molecule has 2 aromatic carbocycles. The number of anilines is 1. The zero-order valence-corrected chi connectivity index (χ0v) is 15.0. The van der Waals surface area contributed by atoms with Crippen molar-refractivity contribution in [2.24, 2.45) is 0 Å². The van der Waals surface area contributed by atoms with E-state index in [0.717, 1.165) is 17.7 Å². The summed E-state index contributed by atoms with van der Waals surface area (Å²) in [6, 6.07) is 13.1. The van der Waals surface area contributed by atoms with Crippen LogP contribution in [0.25, 0.3) is 5.70 Å². The van der Waals surface area contributed by atoms with Gasteiger partial charge >= 0.3 is 0 Å². The topological polar surface area (TPSA) is 41.1 Å². The third-order valence-corrected chi connectivity index (χ3v) is 4.43. The predicted molar refractivity (Wildman–Crippen MR) is 100 cm³/mol. The summed E-state index contributed by atoms with van der Waals surface area (Å²) in [5.41, 5.74) is 3.51. The maximum Gasteiger partial charge on any atom is 0.250 e. The average Bonchev–Trinajstić information content (AvgIpc) is 2.49. The molecule has 2 N–H and O–H groups in total. The number of fused-ring (bicyclic) bond motifs is 1. The molecule has 1 aliphatic rings. The second-order valence-corrected chi connectivity index (χ2v) is 7.36. The van der Waals surface area contributed by atoms with Gasteiger partial charge < -0.3 is 10.6 Å². The summed E-state index contributed by atoms with van der Waals surface area (Å²) in [4.78, 5) is 12.4. The van der Waals surface area contributed by atoms with Crippen LogP contribution in [0, 0.1) is 0 Å². The number of amides is 1. The van der Waals surface area contributed by atoms with Crippen LogP contribution in [0.1, 0.15) is 25.0 Å². The lowest BCUT2D eigenvalue weighted by molar-refractivity contribution is -0.111. The maximum absolute atomic E-state index is 12.4. The number of hydrogen-bond donors (Lipinski definition) is 2. The minimum Gasteiger partial charge on any atom is -0.379 e. The van der Waals surface area contributed by atoms with Crippen molar-refractivity contribution in [3.8, 4) is 0 Å². The van der Waals surface area contributed by atoms with Crippen LogP contribution < -0.4 is 10.6 Å². The smallest absolute Gasteiger partial charge is 0.250 e. The van der Waals surface area contributed by atoms with E-state index >= 15 is 0 Å². The van der Waals surface area contributed by atoms with Crippen LogP contribution in [0.3, 0.4) is 0 Å². The van der Waals surface area contributed by atoms with Gasteiger partial charge in [-0.15, -0.1) is 0 Å². The van der Waals surface area contributed by atoms with Gasteiger partial charge in [-0.1, -0.05) is 47.5 Å². The van der Waals surface area contributed by atoms with Crippen molar-refractivity contribution in [3.63, 3.8) is 0 Å². The first-order chi connectivity index (χ1) is 11.3. The van der Waals surface area contributed by atoms with Gasteiger partial charge in [0.05, 0.1) is 10.7 Å². The van der Waals surface area contributed by atoms with Gasteiger partial charge in [-0.3, -0.25) is 4.79 Å². The molecule has 0 unspecified atom stereocenters. The largest absolute Gasteiger partial charge is 0.379 e. The molecule has 124 valence electrons. The Morgan fingerprint density at radius 2 is 1.96 bits per heavy atom. The standard InChI is InChI=1S/C19H18Cl2N2O/c1-19(2)11-12-5-3-4-6-14(12)17(23-19)10-18(24)22-16-8-7-13(20)9-15(16)21/h3-10,23H,11H2,1-2H3,(H,22,24). The Kier molecular flexibility index (Phi) is 4.57. The Morgan fingerprint density at radius 1 is 1.21 bits per heavy atom. The number of carbonyl (C=O) groups excluding carboxylic acids is 1. The van der Waals surface area contributed by atoms with E-state index in [2.05, 4.69) is 30.5 Å². The van der Waals surface area contributed by atoms with E-state index in [4.69, 9.17) is 23.2 Å². The molecule has 1 aliphatic heterocycles. The first-order valence-electron chi connectivity index (χ1n) is 7.68. The molecule has 0 bridgehead atoms. The molecular weight excluding hydrogens is 343 g/mol. The molecule has 24 heavy (non-hydrogen) atoms. The van der Waals surface area contributed by atoms with Crippen molar-refractivity contribution in [2.45, 2.75) is 25.8 Å². The van der Waals surface area contributed by atoms with Gasteiger partial charge in [0.2, 0.25) is 0 Å². The van der Waals surface area contributed by atoms with Crippen molar-refractivity contribution >= 4 is 40.5 Å². The molecule has 0 aromatic heterocycles. The highest BCUT2D eigenvalue weighted by Gasteiger charge is 2.27. The number of nitrogens with one attached hydrogen (secondary N) is 2. The van der Waals surface area contributed by atoms with Gasteiger partial charge in [0.15, 0.2) is 0 Å². The van der Waals surface area contributed by atoms with E-state index < -0.39 is 0 Å². The minimum absolute atomic E-state index is 0.113. The molecule has 0 aliphatic carbocycles. The highest BCUT2D eigenvalue weighted by atomic mass is 35.5. The molecule has 0 fully saturated rings. The Morgan fingerprint density at radius 3 is 2.71 bits per heavy atom. The van der Waals surface area contributed by atoms with Crippen LogP contribution in [0.2, 0.25) is 10.0 Å². The number of rotatable bonds is 2. The SMILES string of the molecule is CC1(C)Cc2ccccc2C(=CC(=O)Nc2ccc(Cl)cc2Cl)N1. The molecule has 0 spiro atoms. The van der Waals surface area contributed by atoms with Crippen LogP contribution in [0.15, 0.2) is 48.5 Å². The molecule has 1 heterocycles. The van der Waals surface area contributed by atoms with Crippen LogP contribution >= 0.6 is 23.2 Å². The molecular formula is C19H18Cl2N2O. The molecule has 0 saturated carbocycles. The van der Waals surface area contributed by atoms with Crippen molar-refractivity contribution in [1.29, 1.82) is 0 Å². The highest BCUT2D eigenvalue weighted by molar-refractivity contribution is 6.36. The van der Waals surface area contributed by atoms with E-state index in [1.165, 1.54) is 5.56 Å². The predicted octanol–water partition coefficient (Wildman–Crippen LogP) is 4.90. The van der Waals surface area contributed by atoms with E-state index in [9.17, 15) is 4.79 Å². The summed E-state index contributed by atoms with van der Waals surface area (Å²) in [7, 11) is 0. The monoisotopic (exact) mass is 360 g/mol. The van der Waals surface area contributed by atoms with E-state index in [1.54, 1.807) is 24.3 Å². The van der Waals surface area contributed by atoms with Crippen molar-refractivity contribution in [1.82, 2.24) is 5.32 Å². The summed E-state index contributed by atoms with van der Waals surface area (Å²) in [5.74, 6) is -0.241. The van der Waals surface area contributed by atoms with E-state index in [-0.39, 0.29) is 11.4 Å².